The van der Waals surface area contributed by atoms with Gasteiger partial charge in [0, 0.05) is 38.2 Å². The molecule has 0 aromatic heterocycles. The van der Waals surface area contributed by atoms with E-state index in [9.17, 15) is 9.59 Å². The maximum absolute atomic E-state index is 14.0. The fourth-order valence-corrected chi connectivity index (χ4v) is 5.12. The molecule has 3 aromatic rings. The number of hydrazone groups is 1. The van der Waals surface area contributed by atoms with Crippen molar-refractivity contribution >= 4 is 17.5 Å². The van der Waals surface area contributed by atoms with Gasteiger partial charge < -0.3 is 19.1 Å². The number of hydrogen-bond acceptors (Lipinski definition) is 7. The molecule has 0 N–H and O–H groups in total. The molecule has 0 unspecified atom stereocenters. The van der Waals surface area contributed by atoms with E-state index in [1.807, 2.05) is 54.6 Å². The summed E-state index contributed by atoms with van der Waals surface area (Å²) in [4.78, 5) is 31.5. The van der Waals surface area contributed by atoms with Gasteiger partial charge in [-0.2, -0.15) is 5.10 Å². The van der Waals surface area contributed by atoms with Crippen molar-refractivity contribution in [3.63, 3.8) is 0 Å². The maximum Gasteiger partial charge on any atom is 0.262 e. The van der Waals surface area contributed by atoms with E-state index in [0.29, 0.717) is 44.0 Å². The lowest BCUT2D eigenvalue weighted by atomic mass is 9.98. The molecule has 5 rings (SSSR count). The molecule has 3 aromatic carbocycles. The lowest BCUT2D eigenvalue weighted by Gasteiger charge is -2.31. The highest BCUT2D eigenvalue weighted by molar-refractivity contribution is 6.03. The maximum atomic E-state index is 14.0. The van der Waals surface area contributed by atoms with Crippen LogP contribution >= 0.6 is 0 Å². The average molecular weight is 557 g/mol. The highest BCUT2D eigenvalue weighted by Gasteiger charge is 2.34. The van der Waals surface area contributed by atoms with E-state index in [0.717, 1.165) is 35.7 Å². The third-order valence-corrected chi connectivity index (χ3v) is 7.51. The topological polar surface area (TPSA) is 83.9 Å². The number of nitrogens with zero attached hydrogens (tertiary/aromatic N) is 4. The van der Waals surface area contributed by atoms with Crippen molar-refractivity contribution in [3.8, 4) is 11.5 Å². The standard InChI is InChI=1S/C32H36N4O5/c1-39-27-12-8-24(9-13-27)29-22-30(25-6-4-3-5-7-25)36(33-29)31(37)23-35(17-16-34-18-20-41-21-19-34)32(38)26-10-14-28(40-2)15-11-26/h3-15,30H,16-23H2,1-2H3/t30-/m0/s1. The second kappa shape index (κ2) is 13.4. The second-order valence-corrected chi connectivity index (χ2v) is 10.1. The number of rotatable bonds is 10. The van der Waals surface area contributed by atoms with Gasteiger partial charge in [-0.3, -0.25) is 14.5 Å². The van der Waals surface area contributed by atoms with Gasteiger partial charge in [0.15, 0.2) is 0 Å². The third kappa shape index (κ3) is 6.93. The minimum Gasteiger partial charge on any atom is -0.497 e. The van der Waals surface area contributed by atoms with Crippen LogP contribution in [-0.2, 0) is 9.53 Å². The van der Waals surface area contributed by atoms with Gasteiger partial charge in [0.05, 0.1) is 39.2 Å². The Balaban J connectivity index is 1.39. The predicted molar refractivity (Wildman–Crippen MR) is 156 cm³/mol. The van der Waals surface area contributed by atoms with Gasteiger partial charge in [0.1, 0.15) is 18.0 Å². The van der Waals surface area contributed by atoms with E-state index < -0.39 is 0 Å². The monoisotopic (exact) mass is 556 g/mol. The first kappa shape index (κ1) is 28.3. The number of ether oxygens (including phenoxy) is 3. The quantitative estimate of drug-likeness (QED) is 0.377. The van der Waals surface area contributed by atoms with Crippen LogP contribution in [0.25, 0.3) is 0 Å². The molecule has 1 saturated heterocycles. The fraction of sp³-hybridized carbons (Fsp3) is 0.344. The van der Waals surface area contributed by atoms with Crippen molar-refractivity contribution < 1.29 is 23.8 Å². The zero-order valence-corrected chi connectivity index (χ0v) is 23.6. The van der Waals surface area contributed by atoms with Crippen molar-refractivity contribution in [2.24, 2.45) is 5.10 Å². The molecule has 9 nitrogen and oxygen atoms in total. The van der Waals surface area contributed by atoms with E-state index >= 15 is 0 Å². The van der Waals surface area contributed by atoms with Gasteiger partial charge in [-0.25, -0.2) is 5.01 Å². The Morgan fingerprint density at radius 2 is 1.54 bits per heavy atom. The van der Waals surface area contributed by atoms with Crippen LogP contribution in [0.4, 0.5) is 0 Å². The lowest BCUT2D eigenvalue weighted by Crippen LogP contribution is -2.46. The largest absolute Gasteiger partial charge is 0.497 e. The molecule has 2 aliphatic heterocycles. The van der Waals surface area contributed by atoms with Gasteiger partial charge in [-0.05, 0) is 59.7 Å². The molecule has 1 fully saturated rings. The van der Waals surface area contributed by atoms with Crippen LogP contribution in [0, 0.1) is 0 Å². The summed E-state index contributed by atoms with van der Waals surface area (Å²) < 4.78 is 16.0. The second-order valence-electron chi connectivity index (χ2n) is 10.1. The summed E-state index contributed by atoms with van der Waals surface area (Å²) in [6.45, 7) is 3.92. The molecule has 2 aliphatic rings. The highest BCUT2D eigenvalue weighted by atomic mass is 16.5. The normalized spacial score (nSPS) is 17.2. The Hall–Kier alpha value is -4.21. The zero-order chi connectivity index (χ0) is 28.6. The zero-order valence-electron chi connectivity index (χ0n) is 23.6. The van der Waals surface area contributed by atoms with E-state index in [-0.39, 0.29) is 24.4 Å². The lowest BCUT2D eigenvalue weighted by molar-refractivity contribution is -0.133. The first-order valence-corrected chi connectivity index (χ1v) is 13.9. The highest BCUT2D eigenvalue weighted by Crippen LogP contribution is 2.33. The number of hydrogen-bond donors (Lipinski definition) is 0. The molecule has 2 amide bonds. The summed E-state index contributed by atoms with van der Waals surface area (Å²) in [7, 11) is 3.22. The van der Waals surface area contributed by atoms with Crippen molar-refractivity contribution in [1.82, 2.24) is 14.8 Å². The third-order valence-electron chi connectivity index (χ3n) is 7.51. The van der Waals surface area contributed by atoms with Crippen LogP contribution in [0.2, 0.25) is 0 Å². The summed E-state index contributed by atoms with van der Waals surface area (Å²) in [5, 5.41) is 6.36. The van der Waals surface area contributed by atoms with Crippen LogP contribution in [0.5, 0.6) is 11.5 Å². The molecule has 9 heteroatoms. The van der Waals surface area contributed by atoms with Gasteiger partial charge in [-0.1, -0.05) is 30.3 Å². The van der Waals surface area contributed by atoms with Crippen LogP contribution in [0.1, 0.15) is 33.9 Å². The van der Waals surface area contributed by atoms with E-state index in [1.54, 1.807) is 48.4 Å². The van der Waals surface area contributed by atoms with Gasteiger partial charge in [-0.15, -0.1) is 0 Å². The molecule has 0 radical (unpaired) electrons. The molecule has 2 heterocycles. The first-order chi connectivity index (χ1) is 20.1. The van der Waals surface area contributed by atoms with Crippen LogP contribution in [-0.4, -0.2) is 92.5 Å². The number of carbonyl (C=O) groups excluding carboxylic acids is 2. The Morgan fingerprint density at radius 1 is 0.902 bits per heavy atom. The number of morpholine rings is 1. The van der Waals surface area contributed by atoms with Gasteiger partial charge >= 0.3 is 0 Å². The minimum atomic E-state index is -0.266. The SMILES string of the molecule is COc1ccc(C(=O)N(CCN2CCOCC2)CC(=O)N2N=C(c3ccc(OC)cc3)C[C@H]2c2ccccc2)cc1. The van der Waals surface area contributed by atoms with Gasteiger partial charge in [0.25, 0.3) is 11.8 Å². The molecular formula is C32H36N4O5. The van der Waals surface area contributed by atoms with Crippen LogP contribution < -0.4 is 9.47 Å². The molecule has 41 heavy (non-hydrogen) atoms. The summed E-state index contributed by atoms with van der Waals surface area (Å²) in [5.74, 6) is 0.990. The molecule has 0 spiro atoms. The van der Waals surface area contributed by atoms with Gasteiger partial charge in [0.2, 0.25) is 0 Å². The number of methoxy groups -OCH3 is 2. The Kier molecular flexibility index (Phi) is 9.28. The number of amides is 2. The van der Waals surface area contributed by atoms with Crippen molar-refractivity contribution in [2.45, 2.75) is 12.5 Å². The minimum absolute atomic E-state index is 0.0854. The van der Waals surface area contributed by atoms with E-state index in [1.165, 1.54) is 0 Å². The summed E-state index contributed by atoms with van der Waals surface area (Å²) in [5.41, 5.74) is 3.25. The molecular weight excluding hydrogens is 520 g/mol. The van der Waals surface area contributed by atoms with E-state index in [4.69, 9.17) is 19.3 Å². The number of carbonyl (C=O) groups is 2. The summed E-state index contributed by atoms with van der Waals surface area (Å²) in [6.07, 6.45) is 0.572. The van der Waals surface area contributed by atoms with E-state index in [2.05, 4.69) is 4.90 Å². The van der Waals surface area contributed by atoms with Crippen LogP contribution in [0.15, 0.2) is 84.0 Å². The summed E-state index contributed by atoms with van der Waals surface area (Å²) >= 11 is 0. The summed E-state index contributed by atoms with van der Waals surface area (Å²) in [6, 6.07) is 24.3. The Bertz CT molecular complexity index is 1340. The molecule has 0 aliphatic carbocycles. The fourth-order valence-electron chi connectivity index (χ4n) is 5.12. The Morgan fingerprint density at radius 3 is 2.17 bits per heavy atom. The average Bonchev–Trinajstić information content (AvgIpc) is 3.49. The predicted octanol–water partition coefficient (Wildman–Crippen LogP) is 3.86. The molecule has 0 bridgehead atoms. The molecule has 0 saturated carbocycles. The Labute approximate surface area is 240 Å². The van der Waals surface area contributed by atoms with Crippen molar-refractivity contribution in [3.05, 3.63) is 95.6 Å². The molecule has 214 valence electrons. The first-order valence-electron chi connectivity index (χ1n) is 13.9. The van der Waals surface area contributed by atoms with Crippen LogP contribution in [0.3, 0.4) is 0 Å². The number of benzene rings is 3. The molecule has 1 atom stereocenters. The van der Waals surface area contributed by atoms with Crippen molar-refractivity contribution in [2.75, 3.05) is 60.2 Å². The van der Waals surface area contributed by atoms with Crippen molar-refractivity contribution in [1.29, 1.82) is 0 Å². The smallest absolute Gasteiger partial charge is 0.262 e.